The first-order valence-electron chi connectivity index (χ1n) is 11.6. The van der Waals surface area contributed by atoms with Gasteiger partial charge in [0.25, 0.3) is 6.43 Å². The molecular weight excluding hydrogens is 563 g/mol. The van der Waals surface area contributed by atoms with E-state index in [0.29, 0.717) is 4.90 Å². The summed E-state index contributed by atoms with van der Waals surface area (Å²) in [5.41, 5.74) is -1.26. The second kappa shape index (κ2) is 11.3. The quantitative estimate of drug-likeness (QED) is 0.332. The molecule has 2 aromatic carbocycles. The van der Waals surface area contributed by atoms with E-state index in [1.807, 2.05) is 0 Å². The zero-order valence-electron chi connectivity index (χ0n) is 20.7. The van der Waals surface area contributed by atoms with Crippen molar-refractivity contribution in [1.82, 2.24) is 4.90 Å². The van der Waals surface area contributed by atoms with Crippen molar-refractivity contribution in [2.24, 2.45) is 0 Å². The second-order valence-electron chi connectivity index (χ2n) is 9.11. The topological polar surface area (TPSA) is 132 Å². The summed E-state index contributed by atoms with van der Waals surface area (Å²) in [6.45, 7) is 2.33. The normalized spacial score (nSPS) is 25.7. The number of phosphoric acid groups is 1. The number of hydrogen-bond acceptors (Lipinski definition) is 9. The smallest absolute Gasteiger partial charge is 0.395 e. The summed E-state index contributed by atoms with van der Waals surface area (Å²) in [6, 6.07) is 12.5. The number of halogens is 3. The predicted molar refractivity (Wildman–Crippen MR) is 133 cm³/mol. The molecule has 4 atom stereocenters. The van der Waals surface area contributed by atoms with Gasteiger partial charge < -0.3 is 24.0 Å². The Morgan fingerprint density at radius 2 is 1.56 bits per heavy atom. The summed E-state index contributed by atoms with van der Waals surface area (Å²) in [7, 11) is -4.72. The maximum atomic E-state index is 14.5. The highest BCUT2D eigenvalue weighted by Crippen LogP contribution is 2.52. The minimum atomic E-state index is -4.72. The molecule has 10 nitrogen and oxygen atoms in total. The molecule has 1 fully saturated rings. The molecule has 2 N–H and O–H groups in total. The van der Waals surface area contributed by atoms with E-state index in [0.717, 1.165) is 17.3 Å². The maximum Gasteiger partial charge on any atom is 0.587 e. The van der Waals surface area contributed by atoms with Gasteiger partial charge in [0.2, 0.25) is 5.91 Å². The van der Waals surface area contributed by atoms with Crippen LogP contribution in [0.15, 0.2) is 59.8 Å². The molecule has 2 aliphatic rings. The first-order valence-corrected chi connectivity index (χ1v) is 13.5. The van der Waals surface area contributed by atoms with Crippen molar-refractivity contribution in [3.05, 3.63) is 70.9 Å². The van der Waals surface area contributed by atoms with E-state index in [2.05, 4.69) is 0 Å². The molecule has 2 aliphatic heterocycles. The Kier molecular flexibility index (Phi) is 8.46. The van der Waals surface area contributed by atoms with Gasteiger partial charge in [0, 0.05) is 6.20 Å². The van der Waals surface area contributed by atoms with E-state index < -0.39 is 68.0 Å². The number of carbonyl (C=O) groups excluding carboxylic acids is 2. The molecular formula is C25H25ClF2NO9P. The Labute approximate surface area is 227 Å². The van der Waals surface area contributed by atoms with Crippen LogP contribution in [0.5, 0.6) is 11.5 Å². The molecule has 4 rings (SSSR count). The van der Waals surface area contributed by atoms with Crippen LogP contribution in [0.4, 0.5) is 8.78 Å². The molecule has 1 amide bonds. The van der Waals surface area contributed by atoms with Crippen LogP contribution in [-0.4, -0.2) is 63.9 Å². The van der Waals surface area contributed by atoms with E-state index in [1.54, 1.807) is 38.1 Å². The number of aryl methyl sites for hydroxylation is 2. The van der Waals surface area contributed by atoms with Crippen molar-refractivity contribution in [3.8, 4) is 11.5 Å². The number of ketones is 1. The molecule has 0 radical (unpaired) electrons. The number of Topliss-reactive ketones (excluding diaryl/α,β-unsaturated/α-hetero) is 1. The first-order chi connectivity index (χ1) is 18.3. The fraction of sp³-hybridized carbons (Fsp3) is 0.360. The average Bonchev–Trinajstić information content (AvgIpc) is 3.14. The van der Waals surface area contributed by atoms with E-state index in [1.165, 1.54) is 24.3 Å². The molecule has 210 valence electrons. The highest BCUT2D eigenvalue weighted by molar-refractivity contribution is 7.49. The molecule has 0 aliphatic carbocycles. The molecule has 0 unspecified atom stereocenters. The Morgan fingerprint density at radius 1 is 1.05 bits per heavy atom. The minimum absolute atomic E-state index is 0.0382. The molecule has 0 spiro atoms. The zero-order chi connectivity index (χ0) is 28.5. The number of nitrogens with zero attached hydrogens (tertiary/aromatic N) is 1. The number of hydrogen-bond donors (Lipinski definition) is 2. The number of phosphoric ester groups is 1. The van der Waals surface area contributed by atoms with E-state index in [9.17, 15) is 33.1 Å². The van der Waals surface area contributed by atoms with Crippen molar-refractivity contribution in [1.29, 1.82) is 0 Å². The lowest BCUT2D eigenvalue weighted by Crippen LogP contribution is -2.52. The van der Waals surface area contributed by atoms with Crippen molar-refractivity contribution >= 4 is 31.1 Å². The summed E-state index contributed by atoms with van der Waals surface area (Å²) in [5, 5.41) is 20.8. The monoisotopic (exact) mass is 587 g/mol. The van der Waals surface area contributed by atoms with Gasteiger partial charge in [0.05, 0.1) is 13.0 Å². The number of aliphatic hydroxyl groups excluding tert-OH is 2. The van der Waals surface area contributed by atoms with E-state index in [-0.39, 0.29) is 11.5 Å². The highest BCUT2D eigenvalue weighted by atomic mass is 35.5. The minimum Gasteiger partial charge on any atom is -0.395 e. The maximum absolute atomic E-state index is 14.5. The molecule has 1 saturated heterocycles. The number of amides is 1. The van der Waals surface area contributed by atoms with Gasteiger partial charge in [-0.05, 0) is 38.1 Å². The number of allylic oxidation sites excluding steroid dienone is 1. The van der Waals surface area contributed by atoms with Gasteiger partial charge in [-0.15, -0.1) is 0 Å². The predicted octanol–water partition coefficient (Wildman–Crippen LogP) is 3.85. The van der Waals surface area contributed by atoms with Crippen LogP contribution < -0.4 is 9.05 Å². The van der Waals surface area contributed by atoms with Crippen molar-refractivity contribution in [2.75, 3.05) is 6.61 Å². The number of aliphatic hydroxyl groups is 2. The van der Waals surface area contributed by atoms with Gasteiger partial charge in [-0.25, -0.2) is 13.3 Å². The van der Waals surface area contributed by atoms with Crippen molar-refractivity contribution in [2.45, 2.75) is 50.7 Å². The fourth-order valence-corrected chi connectivity index (χ4v) is 5.33. The number of rotatable bonds is 9. The van der Waals surface area contributed by atoms with Crippen molar-refractivity contribution < 1.29 is 51.5 Å². The number of ether oxygens (including phenoxy) is 1. The molecule has 2 heterocycles. The van der Waals surface area contributed by atoms with Crippen molar-refractivity contribution in [3.63, 3.8) is 0 Å². The molecule has 2 aromatic rings. The third kappa shape index (κ3) is 6.16. The van der Waals surface area contributed by atoms with E-state index >= 15 is 0 Å². The first kappa shape index (κ1) is 29.1. The third-order valence-corrected chi connectivity index (χ3v) is 7.77. The van der Waals surface area contributed by atoms with Crippen LogP contribution in [-0.2, 0) is 23.4 Å². The summed E-state index contributed by atoms with van der Waals surface area (Å²) < 4.78 is 64.2. The van der Waals surface area contributed by atoms with Gasteiger partial charge in [0.15, 0.2) is 17.6 Å². The standard InChI is InChI=1S/C25H25ClF2NO9P/c1-14-3-7-16(8-4-14)37-39(34,38-17-9-5-15(2)6-10-17)35-13-25(24(27)28)22(33)21(32)23(36-25)29-12-18(26)19(30)11-20(29)31/h3-10,12,21-24,32-33H,11,13H2,1-2H3/t21-,22+,23-,25-/m1/s1. The van der Waals surface area contributed by atoms with Crippen LogP contribution in [0.2, 0.25) is 0 Å². The Bertz CT molecular complexity index is 1260. The highest BCUT2D eigenvalue weighted by Gasteiger charge is 2.63. The lowest BCUT2D eigenvalue weighted by atomic mass is 9.96. The summed E-state index contributed by atoms with van der Waals surface area (Å²) in [6.07, 6.45) is -9.64. The Balaban J connectivity index is 1.62. The third-order valence-electron chi connectivity index (χ3n) is 6.14. The summed E-state index contributed by atoms with van der Waals surface area (Å²) in [4.78, 5) is 24.7. The molecule has 0 aromatic heterocycles. The van der Waals surface area contributed by atoms with E-state index in [4.69, 9.17) is 29.9 Å². The Morgan fingerprint density at radius 3 is 2.05 bits per heavy atom. The fourth-order valence-electron chi connectivity index (χ4n) is 3.90. The summed E-state index contributed by atoms with van der Waals surface area (Å²) in [5.74, 6) is -1.54. The van der Waals surface area contributed by atoms with Gasteiger partial charge >= 0.3 is 7.82 Å². The number of alkyl halides is 2. The average molecular weight is 588 g/mol. The molecule has 14 heteroatoms. The largest absolute Gasteiger partial charge is 0.587 e. The van der Waals surface area contributed by atoms with Gasteiger partial charge in [-0.3, -0.25) is 19.0 Å². The van der Waals surface area contributed by atoms with Gasteiger partial charge in [-0.2, -0.15) is 0 Å². The number of carbonyl (C=O) groups is 2. The lowest BCUT2D eigenvalue weighted by molar-refractivity contribution is -0.200. The molecule has 0 bridgehead atoms. The van der Waals surface area contributed by atoms with Crippen LogP contribution in [0.3, 0.4) is 0 Å². The van der Waals surface area contributed by atoms with Crippen LogP contribution >= 0.6 is 19.4 Å². The zero-order valence-corrected chi connectivity index (χ0v) is 22.4. The second-order valence-corrected chi connectivity index (χ2v) is 11.0. The summed E-state index contributed by atoms with van der Waals surface area (Å²) >= 11 is 5.79. The number of benzene rings is 2. The SMILES string of the molecule is Cc1ccc(OP(=O)(OC[C@@]2(C(F)F)O[C@@H](N3C=C(Cl)C(=O)CC3=O)[C@H](O)[C@@H]2O)Oc2ccc(C)cc2)cc1. The van der Waals surface area contributed by atoms with Crippen LogP contribution in [0.1, 0.15) is 17.5 Å². The van der Waals surface area contributed by atoms with Crippen LogP contribution in [0.25, 0.3) is 0 Å². The molecule has 0 saturated carbocycles. The van der Waals surface area contributed by atoms with Gasteiger partial charge in [0.1, 0.15) is 28.7 Å². The Hall–Kier alpha value is -2.86. The molecule has 39 heavy (non-hydrogen) atoms. The lowest BCUT2D eigenvalue weighted by Gasteiger charge is -2.33. The van der Waals surface area contributed by atoms with Crippen LogP contribution in [0, 0.1) is 13.8 Å². The van der Waals surface area contributed by atoms with Gasteiger partial charge in [-0.1, -0.05) is 47.0 Å².